The van der Waals surface area contributed by atoms with Crippen molar-refractivity contribution in [1.82, 2.24) is 4.90 Å². The molecule has 128 valence electrons. The fraction of sp³-hybridized carbons (Fsp3) is 0.312. The number of anilines is 1. The molecule has 0 bridgehead atoms. The maximum absolute atomic E-state index is 12.5. The molecule has 0 radical (unpaired) electrons. The predicted molar refractivity (Wildman–Crippen MR) is 84.7 cm³/mol. The predicted octanol–water partition coefficient (Wildman–Crippen LogP) is 0.181. The quantitative estimate of drug-likeness (QED) is 0.541. The number of nitrogens with one attached hydrogen (secondary N) is 1. The van der Waals surface area contributed by atoms with Gasteiger partial charge in [0.05, 0.1) is 38.6 Å². The molecule has 0 fully saturated rings. The van der Waals surface area contributed by atoms with Crippen LogP contribution in [-0.4, -0.2) is 62.1 Å². The third kappa shape index (κ3) is 3.38. The Bertz CT molecular complexity index is 698. The third-order valence-corrected chi connectivity index (χ3v) is 3.57. The van der Waals surface area contributed by atoms with Crippen molar-refractivity contribution in [2.24, 2.45) is 0 Å². The van der Waals surface area contributed by atoms with Crippen molar-refractivity contribution < 1.29 is 29.0 Å². The molecule has 0 spiro atoms. The Morgan fingerprint density at radius 2 is 2.17 bits per heavy atom. The maximum Gasteiger partial charge on any atom is 0.337 e. The van der Waals surface area contributed by atoms with Crippen LogP contribution in [0.1, 0.15) is 10.4 Å². The van der Waals surface area contributed by atoms with E-state index in [1.807, 2.05) is 0 Å². The van der Waals surface area contributed by atoms with Crippen molar-refractivity contribution >= 4 is 23.9 Å². The van der Waals surface area contributed by atoms with Crippen LogP contribution in [0.5, 0.6) is 5.75 Å². The van der Waals surface area contributed by atoms with Crippen LogP contribution in [0.2, 0.25) is 0 Å². The molecule has 1 aliphatic rings. The van der Waals surface area contributed by atoms with Crippen LogP contribution in [0.25, 0.3) is 0 Å². The topological polar surface area (TPSA) is 105 Å². The number of benzene rings is 1. The van der Waals surface area contributed by atoms with Crippen LogP contribution in [-0.2, 0) is 14.3 Å². The average molecular weight is 334 g/mol. The molecule has 8 heteroatoms. The number of aliphatic hydroxyl groups is 1. The van der Waals surface area contributed by atoms with E-state index >= 15 is 0 Å². The molecule has 2 N–H and O–H groups in total. The summed E-state index contributed by atoms with van der Waals surface area (Å²) in [5.74, 6) is -0.675. The number of carbonyl (C=O) groups excluding carboxylic acids is 3. The van der Waals surface area contributed by atoms with Crippen molar-refractivity contribution in [3.8, 4) is 5.75 Å². The number of nitrogens with zero attached hydrogens (tertiary/aromatic N) is 1. The summed E-state index contributed by atoms with van der Waals surface area (Å²) in [4.78, 5) is 36.7. The highest BCUT2D eigenvalue weighted by molar-refractivity contribution is 6.08. The lowest BCUT2D eigenvalue weighted by atomic mass is 10.1. The van der Waals surface area contributed by atoms with Crippen LogP contribution >= 0.6 is 0 Å². The van der Waals surface area contributed by atoms with E-state index in [0.29, 0.717) is 23.3 Å². The van der Waals surface area contributed by atoms with Crippen molar-refractivity contribution in [3.63, 3.8) is 0 Å². The SMILES string of the molecule is COC(=O)C1=C(Nc2cc(C=O)ccc2OC)C(=O)N(CCO)C1. The first kappa shape index (κ1) is 17.5. The van der Waals surface area contributed by atoms with Crippen LogP contribution < -0.4 is 10.1 Å². The fourth-order valence-electron chi connectivity index (χ4n) is 2.38. The summed E-state index contributed by atoms with van der Waals surface area (Å²) in [6.07, 6.45) is 0.661. The number of hydrogen-bond donors (Lipinski definition) is 2. The van der Waals surface area contributed by atoms with Crippen LogP contribution in [0.3, 0.4) is 0 Å². The zero-order valence-electron chi connectivity index (χ0n) is 13.4. The molecule has 8 nitrogen and oxygen atoms in total. The normalized spacial score (nSPS) is 14.0. The first-order valence-electron chi connectivity index (χ1n) is 7.17. The number of hydrogen-bond acceptors (Lipinski definition) is 7. The van der Waals surface area contributed by atoms with Crippen LogP contribution in [0.15, 0.2) is 29.5 Å². The summed E-state index contributed by atoms with van der Waals surface area (Å²) in [6.45, 7) is -0.0997. The summed E-state index contributed by atoms with van der Waals surface area (Å²) < 4.78 is 9.92. The Morgan fingerprint density at radius 1 is 1.42 bits per heavy atom. The van der Waals surface area contributed by atoms with Crippen LogP contribution in [0, 0.1) is 0 Å². The van der Waals surface area contributed by atoms with E-state index in [1.54, 1.807) is 12.1 Å². The van der Waals surface area contributed by atoms with E-state index in [4.69, 9.17) is 14.6 Å². The molecule has 1 heterocycles. The fourth-order valence-corrected chi connectivity index (χ4v) is 2.38. The molecule has 1 aliphatic heterocycles. The van der Waals surface area contributed by atoms with E-state index in [2.05, 4.69) is 5.32 Å². The Kier molecular flexibility index (Phi) is 5.54. The summed E-state index contributed by atoms with van der Waals surface area (Å²) in [7, 11) is 2.67. The molecule has 0 saturated carbocycles. The minimum Gasteiger partial charge on any atom is -0.495 e. The van der Waals surface area contributed by atoms with E-state index < -0.39 is 11.9 Å². The molecule has 0 aliphatic carbocycles. The number of aliphatic hydroxyl groups excluding tert-OH is 1. The van der Waals surface area contributed by atoms with Gasteiger partial charge in [-0.1, -0.05) is 0 Å². The van der Waals surface area contributed by atoms with Gasteiger partial charge >= 0.3 is 5.97 Å². The molecule has 1 aromatic carbocycles. The second-order valence-corrected chi connectivity index (χ2v) is 5.00. The van der Waals surface area contributed by atoms with E-state index in [0.717, 1.165) is 0 Å². The molecule has 0 saturated heterocycles. The molecule has 1 amide bonds. The van der Waals surface area contributed by atoms with Crippen molar-refractivity contribution in [2.75, 3.05) is 39.2 Å². The number of rotatable bonds is 7. The highest BCUT2D eigenvalue weighted by Crippen LogP contribution is 2.29. The van der Waals surface area contributed by atoms with Gasteiger partial charge in [-0.05, 0) is 18.2 Å². The maximum atomic E-state index is 12.5. The third-order valence-electron chi connectivity index (χ3n) is 3.57. The largest absolute Gasteiger partial charge is 0.495 e. The minimum absolute atomic E-state index is 0.0318. The lowest BCUT2D eigenvalue weighted by Gasteiger charge is -2.16. The second-order valence-electron chi connectivity index (χ2n) is 5.00. The monoisotopic (exact) mass is 334 g/mol. The molecular formula is C16H18N2O6. The minimum atomic E-state index is -0.642. The zero-order valence-corrected chi connectivity index (χ0v) is 13.4. The first-order chi connectivity index (χ1) is 11.5. The summed E-state index contributed by atoms with van der Waals surface area (Å²) in [5, 5.41) is 11.9. The number of esters is 1. The Hall–Kier alpha value is -2.87. The van der Waals surface area contributed by atoms with Gasteiger partial charge in [0, 0.05) is 12.1 Å². The second kappa shape index (κ2) is 7.60. The molecule has 0 atom stereocenters. The summed E-state index contributed by atoms with van der Waals surface area (Å²) in [6, 6.07) is 4.66. The van der Waals surface area contributed by atoms with Gasteiger partial charge in [-0.2, -0.15) is 0 Å². The van der Waals surface area contributed by atoms with Gasteiger partial charge in [-0.3, -0.25) is 9.59 Å². The van der Waals surface area contributed by atoms with Gasteiger partial charge in [0.2, 0.25) is 0 Å². The van der Waals surface area contributed by atoms with Gasteiger partial charge in [0.1, 0.15) is 17.7 Å². The Labute approximate surface area is 138 Å². The highest BCUT2D eigenvalue weighted by atomic mass is 16.5. The Morgan fingerprint density at radius 3 is 2.75 bits per heavy atom. The van der Waals surface area contributed by atoms with Crippen LogP contribution in [0.4, 0.5) is 5.69 Å². The van der Waals surface area contributed by atoms with E-state index in [-0.39, 0.29) is 31.0 Å². The lowest BCUT2D eigenvalue weighted by Crippen LogP contribution is -2.31. The van der Waals surface area contributed by atoms with Gasteiger partial charge in [0.25, 0.3) is 5.91 Å². The van der Waals surface area contributed by atoms with E-state index in [9.17, 15) is 14.4 Å². The first-order valence-corrected chi connectivity index (χ1v) is 7.17. The van der Waals surface area contributed by atoms with Crippen molar-refractivity contribution in [3.05, 3.63) is 35.0 Å². The number of β-amino-alcohol motifs (C(OH)–C–C–N with tert-alkyl or cyclic N) is 1. The van der Waals surface area contributed by atoms with E-state index in [1.165, 1.54) is 25.2 Å². The molecule has 24 heavy (non-hydrogen) atoms. The van der Waals surface area contributed by atoms with Gasteiger partial charge in [-0.15, -0.1) is 0 Å². The number of methoxy groups -OCH3 is 2. The lowest BCUT2D eigenvalue weighted by molar-refractivity contribution is -0.136. The van der Waals surface area contributed by atoms with Crippen molar-refractivity contribution in [1.29, 1.82) is 0 Å². The molecule has 2 rings (SSSR count). The molecular weight excluding hydrogens is 316 g/mol. The molecule has 0 unspecified atom stereocenters. The van der Waals surface area contributed by atoms with Gasteiger partial charge < -0.3 is 24.8 Å². The molecule has 1 aromatic rings. The van der Waals surface area contributed by atoms with Gasteiger partial charge in [0.15, 0.2) is 0 Å². The Balaban J connectivity index is 2.42. The summed E-state index contributed by atoms with van der Waals surface area (Å²) >= 11 is 0. The average Bonchev–Trinajstić information content (AvgIpc) is 2.91. The smallest absolute Gasteiger partial charge is 0.337 e. The number of amides is 1. The number of carbonyl (C=O) groups is 3. The number of aldehydes is 1. The number of ether oxygens (including phenoxy) is 2. The summed E-state index contributed by atoms with van der Waals surface area (Å²) in [5.41, 5.74) is 0.944. The molecule has 0 aromatic heterocycles. The van der Waals surface area contributed by atoms with Crippen molar-refractivity contribution in [2.45, 2.75) is 0 Å². The zero-order chi connectivity index (χ0) is 17.7. The van der Waals surface area contributed by atoms with Gasteiger partial charge in [-0.25, -0.2) is 4.79 Å². The highest BCUT2D eigenvalue weighted by Gasteiger charge is 2.34. The standard InChI is InChI=1S/C16H18N2O6/c1-23-13-4-3-10(9-20)7-12(13)17-14-11(16(22)24-2)8-18(5-6-19)15(14)21/h3-4,7,9,17,19H,5-6,8H2,1-2H3.